The van der Waals surface area contributed by atoms with Gasteiger partial charge in [0, 0.05) is 54.6 Å². The number of dihydropyridines is 1. The van der Waals surface area contributed by atoms with E-state index in [0.29, 0.717) is 36.6 Å². The summed E-state index contributed by atoms with van der Waals surface area (Å²) in [6.07, 6.45) is 15.8. The molecule has 6 rings (SSSR count). The Bertz CT molecular complexity index is 1590. The van der Waals surface area contributed by atoms with Crippen molar-refractivity contribution in [3.8, 4) is 11.4 Å². The average Bonchev–Trinajstić information content (AvgIpc) is 3.72. The summed E-state index contributed by atoms with van der Waals surface area (Å²) in [5.74, 6) is 1.96. The molecule has 222 valence electrons. The third-order valence-electron chi connectivity index (χ3n) is 7.68. The molecule has 2 aromatic rings. The van der Waals surface area contributed by atoms with Gasteiger partial charge in [-0.05, 0) is 64.8 Å². The van der Waals surface area contributed by atoms with Crippen LogP contribution in [0, 0.1) is 5.41 Å². The number of hydrogen-bond acceptors (Lipinski definition) is 10. The summed E-state index contributed by atoms with van der Waals surface area (Å²) in [7, 11) is -1.35. The molecule has 0 bridgehead atoms. The molecule has 1 aliphatic carbocycles. The Labute approximate surface area is 246 Å². The summed E-state index contributed by atoms with van der Waals surface area (Å²) in [6, 6.07) is 1.92. The van der Waals surface area contributed by atoms with Crippen LogP contribution in [-0.2, 0) is 14.8 Å². The first-order chi connectivity index (χ1) is 20.2. The van der Waals surface area contributed by atoms with Gasteiger partial charge in [-0.3, -0.25) is 5.41 Å². The zero-order chi connectivity index (χ0) is 29.4. The van der Waals surface area contributed by atoms with E-state index in [-0.39, 0.29) is 23.2 Å². The van der Waals surface area contributed by atoms with Crippen molar-refractivity contribution in [2.45, 2.75) is 56.9 Å². The maximum absolute atomic E-state index is 12.6. The predicted octanol–water partition coefficient (Wildman–Crippen LogP) is 2.73. The molecule has 0 amide bonds. The fourth-order valence-corrected chi connectivity index (χ4v) is 6.66. The fourth-order valence-electron chi connectivity index (χ4n) is 5.19. The lowest BCUT2D eigenvalue weighted by Crippen LogP contribution is -2.40. The number of allylic oxidation sites excluding steroid dienone is 2. The number of hydrogen-bond donors (Lipinski definition) is 3. The second-order valence-electron chi connectivity index (χ2n) is 11.4. The maximum atomic E-state index is 12.6. The van der Waals surface area contributed by atoms with Crippen molar-refractivity contribution in [1.82, 2.24) is 34.7 Å². The average molecular weight is 592 g/mol. The Balaban J connectivity index is 1.24. The van der Waals surface area contributed by atoms with E-state index in [4.69, 9.17) is 15.1 Å². The van der Waals surface area contributed by atoms with Crippen LogP contribution in [0.25, 0.3) is 11.4 Å². The maximum Gasteiger partial charge on any atom is 0.256 e. The molecule has 0 radical (unpaired) electrons. The molecule has 42 heavy (non-hydrogen) atoms. The van der Waals surface area contributed by atoms with Crippen LogP contribution in [-0.4, -0.2) is 82.4 Å². The van der Waals surface area contributed by atoms with E-state index in [1.54, 1.807) is 23.2 Å². The van der Waals surface area contributed by atoms with Gasteiger partial charge in [-0.15, -0.1) is 0 Å². The Hall–Kier alpha value is -3.97. The first kappa shape index (κ1) is 28.2. The molecule has 3 aliphatic heterocycles. The zero-order valence-corrected chi connectivity index (χ0v) is 24.9. The summed E-state index contributed by atoms with van der Waals surface area (Å²) in [4.78, 5) is 13.2. The van der Waals surface area contributed by atoms with Gasteiger partial charge in [0.25, 0.3) is 10.0 Å². The van der Waals surface area contributed by atoms with Crippen LogP contribution in [0.15, 0.2) is 71.8 Å². The van der Waals surface area contributed by atoms with Crippen molar-refractivity contribution >= 4 is 21.7 Å². The molecule has 3 N–H and O–H groups in total. The summed E-state index contributed by atoms with van der Waals surface area (Å²) in [6.45, 7) is 6.59. The van der Waals surface area contributed by atoms with Crippen LogP contribution in [0.1, 0.15) is 39.5 Å². The highest BCUT2D eigenvalue weighted by molar-refractivity contribution is 7.90. The fraction of sp³-hybridized carbons (Fsp3) is 0.448. The van der Waals surface area contributed by atoms with Gasteiger partial charge < -0.3 is 25.2 Å². The molecule has 1 saturated carbocycles. The van der Waals surface area contributed by atoms with Crippen LogP contribution in [0.2, 0.25) is 0 Å². The van der Waals surface area contributed by atoms with Gasteiger partial charge in [0.05, 0.1) is 29.8 Å². The normalized spacial score (nSPS) is 22.2. The van der Waals surface area contributed by atoms with E-state index in [1.165, 1.54) is 12.4 Å². The van der Waals surface area contributed by atoms with E-state index in [0.717, 1.165) is 52.7 Å². The predicted molar refractivity (Wildman–Crippen MR) is 161 cm³/mol. The number of nitrogens with one attached hydrogen (secondary N) is 3. The molecule has 4 aliphatic rings. The standard InChI is InChI=1S/C29H37N9O3S/c1-19(2)34-26-14-27(30)37(18-24(26)25-7-4-22(16-32-25)41-21-9-12-36(3)13-10-21)28-8-11-31-29(35-28)20-15-33-38(17-20)42(39,40)23-5-6-23/h4,7-8,11,14-17,19,21,23,30,32,34H,5-6,9-10,12-13,18H2,1-3H3/b25-24+,30-27?. The van der Waals surface area contributed by atoms with Crippen LogP contribution < -0.4 is 15.5 Å². The van der Waals surface area contributed by atoms with Gasteiger partial charge in [-0.25, -0.2) is 18.4 Å². The number of piperidine rings is 1. The molecular weight excluding hydrogens is 554 g/mol. The number of nitrogens with zero attached hydrogens (tertiary/aromatic N) is 6. The summed E-state index contributed by atoms with van der Waals surface area (Å²) in [5, 5.41) is 19.4. The summed E-state index contributed by atoms with van der Waals surface area (Å²) >= 11 is 0. The van der Waals surface area contributed by atoms with Crippen LogP contribution in [0.4, 0.5) is 5.82 Å². The van der Waals surface area contributed by atoms with E-state index < -0.39 is 10.0 Å². The van der Waals surface area contributed by atoms with Gasteiger partial charge in [0.15, 0.2) is 5.82 Å². The number of aromatic nitrogens is 4. The summed E-state index contributed by atoms with van der Waals surface area (Å²) in [5.41, 5.74) is 3.25. The van der Waals surface area contributed by atoms with Crippen molar-refractivity contribution < 1.29 is 13.2 Å². The minimum absolute atomic E-state index is 0.173. The van der Waals surface area contributed by atoms with E-state index in [2.05, 4.69) is 46.5 Å². The summed E-state index contributed by atoms with van der Waals surface area (Å²) < 4.78 is 32.5. The van der Waals surface area contributed by atoms with Crippen molar-refractivity contribution in [1.29, 1.82) is 5.41 Å². The number of ether oxygens (including phenoxy) is 1. The molecule has 5 heterocycles. The van der Waals surface area contributed by atoms with Crippen LogP contribution in [0.3, 0.4) is 0 Å². The van der Waals surface area contributed by atoms with Gasteiger partial charge in [0.2, 0.25) is 0 Å². The molecule has 0 atom stereocenters. The lowest BCUT2D eigenvalue weighted by molar-refractivity contribution is 0.0633. The third-order valence-corrected chi connectivity index (χ3v) is 9.71. The Morgan fingerprint density at radius 1 is 1.17 bits per heavy atom. The van der Waals surface area contributed by atoms with Crippen molar-refractivity contribution in [2.24, 2.45) is 0 Å². The van der Waals surface area contributed by atoms with Crippen molar-refractivity contribution in [3.63, 3.8) is 0 Å². The minimum Gasteiger partial charge on any atom is -0.489 e. The van der Waals surface area contributed by atoms with E-state index in [1.807, 2.05) is 18.4 Å². The van der Waals surface area contributed by atoms with Gasteiger partial charge in [0.1, 0.15) is 23.5 Å². The molecular formula is C29H37N9O3S. The Kier molecular flexibility index (Phi) is 7.62. The molecule has 13 heteroatoms. The quantitative estimate of drug-likeness (QED) is 0.420. The number of anilines is 1. The van der Waals surface area contributed by atoms with Gasteiger partial charge >= 0.3 is 0 Å². The van der Waals surface area contributed by atoms with E-state index >= 15 is 0 Å². The van der Waals surface area contributed by atoms with Gasteiger partial charge in [-0.2, -0.15) is 9.19 Å². The topological polar surface area (TPSA) is 141 Å². The molecule has 0 spiro atoms. The highest BCUT2D eigenvalue weighted by Crippen LogP contribution is 2.31. The third kappa shape index (κ3) is 5.97. The molecule has 2 fully saturated rings. The highest BCUT2D eigenvalue weighted by atomic mass is 32.2. The molecule has 1 saturated heterocycles. The van der Waals surface area contributed by atoms with Gasteiger partial charge in [-0.1, -0.05) is 0 Å². The number of likely N-dealkylation sites (tertiary alicyclic amines) is 1. The Morgan fingerprint density at radius 2 is 1.95 bits per heavy atom. The highest BCUT2D eigenvalue weighted by Gasteiger charge is 2.38. The second-order valence-corrected chi connectivity index (χ2v) is 13.5. The van der Waals surface area contributed by atoms with Crippen LogP contribution >= 0.6 is 0 Å². The molecule has 0 aromatic carbocycles. The first-order valence-corrected chi connectivity index (χ1v) is 15.9. The largest absolute Gasteiger partial charge is 0.489 e. The zero-order valence-electron chi connectivity index (χ0n) is 24.1. The lowest BCUT2D eigenvalue weighted by atomic mass is 10.0. The Morgan fingerprint density at radius 3 is 2.64 bits per heavy atom. The second kappa shape index (κ2) is 11.4. The SMILES string of the molecule is CC(C)NC1=CC(=N)N(c2ccnc(-c3cnn(S(=O)(=O)C4CC4)c3)n2)C/C1=C1/C=CC(OC2CCN(C)CC2)=CN1. The number of amidine groups is 1. The monoisotopic (exact) mass is 591 g/mol. The van der Waals surface area contributed by atoms with E-state index in [9.17, 15) is 8.42 Å². The van der Waals surface area contributed by atoms with Crippen molar-refractivity contribution in [3.05, 3.63) is 71.8 Å². The number of rotatable bonds is 8. The smallest absolute Gasteiger partial charge is 0.256 e. The first-order valence-electron chi connectivity index (χ1n) is 14.4. The molecule has 12 nitrogen and oxygen atoms in total. The molecule has 2 aromatic heterocycles. The molecule has 0 unspecified atom stereocenters. The van der Waals surface area contributed by atoms with Crippen molar-refractivity contribution in [2.75, 3.05) is 31.6 Å². The lowest BCUT2D eigenvalue weighted by Gasteiger charge is -2.33. The van der Waals surface area contributed by atoms with Crippen LogP contribution in [0.5, 0.6) is 0 Å². The minimum atomic E-state index is -3.49.